The first-order chi connectivity index (χ1) is 17.8. The van der Waals surface area contributed by atoms with Gasteiger partial charge in [-0.2, -0.15) is 4.31 Å². The number of methoxy groups -OCH3 is 1. The molecule has 1 heterocycles. The Labute approximate surface area is 235 Å². The van der Waals surface area contributed by atoms with Crippen molar-refractivity contribution in [3.63, 3.8) is 0 Å². The minimum Gasteiger partial charge on any atom is -0.497 e. The average Bonchev–Trinajstić information content (AvgIpc) is 3.33. The zero-order valence-corrected chi connectivity index (χ0v) is 24.4. The Morgan fingerprint density at radius 3 is 2.21 bits per heavy atom. The maximum absolute atomic E-state index is 13.7. The van der Waals surface area contributed by atoms with Crippen LogP contribution in [-0.2, 0) is 10.0 Å². The van der Waals surface area contributed by atoms with Crippen molar-refractivity contribution in [2.45, 2.75) is 18.7 Å². The highest BCUT2D eigenvalue weighted by atomic mass is 35.5. The first-order valence-electron chi connectivity index (χ1n) is 12.1. The van der Waals surface area contributed by atoms with Crippen LogP contribution in [0.1, 0.15) is 24.2 Å². The van der Waals surface area contributed by atoms with Crippen molar-refractivity contribution < 1.29 is 17.9 Å². The van der Waals surface area contributed by atoms with Gasteiger partial charge in [-0.25, -0.2) is 13.4 Å². The van der Waals surface area contributed by atoms with Gasteiger partial charge in [0.05, 0.1) is 22.2 Å². The van der Waals surface area contributed by atoms with Gasteiger partial charge in [0.1, 0.15) is 5.75 Å². The maximum atomic E-state index is 13.7. The summed E-state index contributed by atoms with van der Waals surface area (Å²) in [6.07, 6.45) is 3.06. The number of fused-ring (bicyclic) bond motifs is 1. The van der Waals surface area contributed by atoms with E-state index in [9.17, 15) is 13.2 Å². The molecule has 0 radical (unpaired) electrons. The topological polar surface area (TPSA) is 83.1 Å². The summed E-state index contributed by atoms with van der Waals surface area (Å²) in [4.78, 5) is 22.4. The number of anilines is 1. The molecule has 0 aliphatic heterocycles. The molecule has 0 unspecified atom stereocenters. The normalized spacial score (nSPS) is 11.4. The molecule has 0 aliphatic carbocycles. The molecule has 11 heteroatoms. The van der Waals surface area contributed by atoms with E-state index in [2.05, 4.69) is 31.9 Å². The van der Waals surface area contributed by atoms with Gasteiger partial charge in [0.25, 0.3) is 5.91 Å². The highest BCUT2D eigenvalue weighted by Gasteiger charge is 2.25. The Hall–Kier alpha value is -2.76. The Balaban J connectivity index is 0.00000507. The number of rotatable bonds is 14. The lowest BCUT2D eigenvalue weighted by Gasteiger charge is -2.25. The third kappa shape index (κ3) is 7.21. The van der Waals surface area contributed by atoms with Gasteiger partial charge in [-0.3, -0.25) is 9.69 Å². The van der Waals surface area contributed by atoms with Gasteiger partial charge in [0.2, 0.25) is 10.0 Å². The smallest absolute Gasteiger partial charge is 0.260 e. The van der Waals surface area contributed by atoms with Gasteiger partial charge in [0, 0.05) is 37.8 Å². The van der Waals surface area contributed by atoms with Crippen LogP contribution < -0.4 is 9.64 Å². The molecule has 0 saturated carbocycles. The van der Waals surface area contributed by atoms with Crippen LogP contribution in [0.4, 0.5) is 5.13 Å². The molecule has 3 aromatic rings. The fourth-order valence-electron chi connectivity index (χ4n) is 3.84. The molecule has 0 saturated heterocycles. The molecule has 0 atom stereocenters. The number of amides is 1. The Morgan fingerprint density at radius 2 is 1.66 bits per heavy atom. The van der Waals surface area contributed by atoms with Crippen LogP contribution in [0.3, 0.4) is 0 Å². The minimum absolute atomic E-state index is 0. The van der Waals surface area contributed by atoms with Crippen LogP contribution in [0.2, 0.25) is 0 Å². The molecule has 206 valence electrons. The van der Waals surface area contributed by atoms with Crippen LogP contribution in [0.15, 0.2) is 72.7 Å². The monoisotopic (exact) mass is 578 g/mol. The first-order valence-corrected chi connectivity index (χ1v) is 14.3. The molecule has 38 heavy (non-hydrogen) atoms. The van der Waals surface area contributed by atoms with Crippen LogP contribution in [0, 0.1) is 0 Å². The average molecular weight is 579 g/mol. The van der Waals surface area contributed by atoms with Gasteiger partial charge in [-0.05, 0) is 49.5 Å². The molecule has 0 bridgehead atoms. The van der Waals surface area contributed by atoms with Gasteiger partial charge in [-0.1, -0.05) is 37.3 Å². The zero-order valence-electron chi connectivity index (χ0n) is 22.0. The second kappa shape index (κ2) is 14.4. The summed E-state index contributed by atoms with van der Waals surface area (Å²) in [7, 11) is -2.15. The minimum atomic E-state index is -3.76. The van der Waals surface area contributed by atoms with Gasteiger partial charge in [-0.15, -0.1) is 25.6 Å². The second-order valence-electron chi connectivity index (χ2n) is 8.24. The number of sulfonamides is 1. The molecule has 0 fully saturated rings. The number of carbonyl (C=O) groups is 1. The summed E-state index contributed by atoms with van der Waals surface area (Å²) < 4.78 is 33.6. The van der Waals surface area contributed by atoms with Crippen molar-refractivity contribution in [3.05, 3.63) is 73.3 Å². The number of hydrogen-bond acceptors (Lipinski definition) is 7. The second-order valence-corrected chi connectivity index (χ2v) is 11.2. The van der Waals surface area contributed by atoms with Crippen LogP contribution in [-0.4, -0.2) is 74.9 Å². The lowest BCUT2D eigenvalue weighted by atomic mass is 10.2. The van der Waals surface area contributed by atoms with E-state index < -0.39 is 10.0 Å². The highest BCUT2D eigenvalue weighted by molar-refractivity contribution is 7.89. The predicted molar refractivity (Wildman–Crippen MR) is 158 cm³/mol. The molecule has 1 aromatic heterocycles. The number of nitrogens with zero attached hydrogens (tertiary/aromatic N) is 4. The summed E-state index contributed by atoms with van der Waals surface area (Å²) in [6.45, 7) is 14.6. The zero-order chi connectivity index (χ0) is 27.0. The number of hydrogen-bond donors (Lipinski definition) is 0. The summed E-state index contributed by atoms with van der Waals surface area (Å²) in [5.41, 5.74) is 1.14. The van der Waals surface area contributed by atoms with Crippen molar-refractivity contribution >= 4 is 55.0 Å². The van der Waals surface area contributed by atoms with E-state index in [1.165, 1.54) is 39.9 Å². The third-order valence-corrected chi connectivity index (χ3v) is 8.90. The fraction of sp³-hybridized carbons (Fsp3) is 0.333. The molecular weight excluding hydrogens is 544 g/mol. The van der Waals surface area contributed by atoms with Crippen molar-refractivity contribution in [1.29, 1.82) is 0 Å². The molecule has 8 nitrogen and oxygen atoms in total. The summed E-state index contributed by atoms with van der Waals surface area (Å²) in [5, 5.41) is 0.584. The van der Waals surface area contributed by atoms with E-state index >= 15 is 0 Å². The Kier molecular flexibility index (Phi) is 11.9. The van der Waals surface area contributed by atoms with E-state index in [4.69, 9.17) is 9.72 Å². The van der Waals surface area contributed by atoms with Gasteiger partial charge in [0.15, 0.2) is 5.13 Å². The SMILES string of the molecule is C=CCN(CC=C)S(=O)(=O)c1ccc(C(=O)N(CCN(CC)CC)c2nc3cc(OC)ccc3s2)cc1.Cl. The summed E-state index contributed by atoms with van der Waals surface area (Å²) >= 11 is 1.44. The largest absolute Gasteiger partial charge is 0.497 e. The number of thiazole rings is 1. The molecule has 0 N–H and O–H groups in total. The van der Waals surface area contributed by atoms with Crippen LogP contribution >= 0.6 is 23.7 Å². The van der Waals surface area contributed by atoms with E-state index in [0.29, 0.717) is 29.5 Å². The number of halogens is 1. The number of ether oxygens (including phenoxy) is 1. The molecule has 3 rings (SSSR count). The van der Waals surface area contributed by atoms with Crippen molar-refractivity contribution in [2.75, 3.05) is 51.3 Å². The summed E-state index contributed by atoms with van der Waals surface area (Å²) in [6, 6.07) is 11.7. The standard InChI is InChI=1S/C27H34N4O4S2.ClH/c1-6-16-30(17-7-2)37(33,34)23-13-10-21(11-14-23)26(32)31(19-18-29(8-3)9-4)27-28-24-20-22(35-5)12-15-25(24)36-27;/h6-7,10-15,20H,1-2,8-9,16-19H2,3-5H3;1H. The molecular formula is C27H35ClN4O4S2. The van der Waals surface area contributed by atoms with E-state index in [1.807, 2.05) is 18.2 Å². The van der Waals surface area contributed by atoms with E-state index in [0.717, 1.165) is 23.3 Å². The Morgan fingerprint density at radius 1 is 1.03 bits per heavy atom. The molecule has 2 aromatic carbocycles. The lowest BCUT2D eigenvalue weighted by molar-refractivity contribution is 0.0983. The van der Waals surface area contributed by atoms with E-state index in [-0.39, 0.29) is 36.3 Å². The number of carbonyl (C=O) groups excluding carboxylic acids is 1. The quantitative estimate of drug-likeness (QED) is 0.248. The summed E-state index contributed by atoms with van der Waals surface area (Å²) in [5.74, 6) is 0.459. The van der Waals surface area contributed by atoms with Crippen molar-refractivity contribution in [1.82, 2.24) is 14.2 Å². The number of benzene rings is 2. The van der Waals surface area contributed by atoms with E-state index in [1.54, 1.807) is 24.1 Å². The third-order valence-electron chi connectivity index (χ3n) is 6.00. The maximum Gasteiger partial charge on any atom is 0.260 e. The fourth-order valence-corrected chi connectivity index (χ4v) is 6.19. The number of aromatic nitrogens is 1. The van der Waals surface area contributed by atoms with Crippen LogP contribution in [0.5, 0.6) is 5.75 Å². The van der Waals surface area contributed by atoms with Crippen LogP contribution in [0.25, 0.3) is 10.2 Å². The van der Waals surface area contributed by atoms with Gasteiger partial charge >= 0.3 is 0 Å². The number of likely N-dealkylation sites (N-methyl/N-ethyl adjacent to an activating group) is 1. The predicted octanol–water partition coefficient (Wildman–Crippen LogP) is 5.08. The molecule has 1 amide bonds. The Bertz CT molecular complexity index is 1330. The molecule has 0 spiro atoms. The van der Waals surface area contributed by atoms with Gasteiger partial charge < -0.3 is 9.64 Å². The van der Waals surface area contributed by atoms with Crippen molar-refractivity contribution in [3.8, 4) is 5.75 Å². The van der Waals surface area contributed by atoms with Crippen molar-refractivity contribution in [2.24, 2.45) is 0 Å². The lowest BCUT2D eigenvalue weighted by Crippen LogP contribution is -2.39. The highest BCUT2D eigenvalue weighted by Crippen LogP contribution is 2.32. The first kappa shape index (κ1) is 31.5. The molecule has 0 aliphatic rings.